The molecule has 0 saturated carbocycles. The van der Waals surface area contributed by atoms with E-state index in [0.717, 1.165) is 51.6 Å². The monoisotopic (exact) mass is 360 g/mol. The molecule has 2 aromatic rings. The molecule has 0 aliphatic heterocycles. The normalized spacial score (nSPS) is 11.1. The molecule has 2 N–H and O–H groups in total. The van der Waals surface area contributed by atoms with E-state index in [2.05, 4.69) is 46.4 Å². The molecule has 0 bridgehead atoms. The summed E-state index contributed by atoms with van der Waals surface area (Å²) in [5.41, 5.74) is 0.873. The smallest absolute Gasteiger partial charge is 0.280 e. The zero-order chi connectivity index (χ0) is 18.9. The van der Waals surface area contributed by atoms with Crippen LogP contribution in [-0.2, 0) is 6.54 Å². The second kappa shape index (κ2) is 10.1. The third-order valence-corrected chi connectivity index (χ3v) is 4.37. The molecule has 0 amide bonds. The van der Waals surface area contributed by atoms with Crippen LogP contribution in [0.5, 0.6) is 0 Å². The summed E-state index contributed by atoms with van der Waals surface area (Å²) in [6.07, 6.45) is 6.23. The van der Waals surface area contributed by atoms with E-state index in [-0.39, 0.29) is 5.56 Å². The molecule has 0 aliphatic rings. The Labute approximate surface area is 155 Å². The van der Waals surface area contributed by atoms with Crippen LogP contribution in [-0.4, -0.2) is 32.6 Å². The standard InChI is InChI=1S/C19H32N6O/c1-5-8-11-20-17-15-16(23-19(24-17)21-12-9-6-2)18(26)25(13-10-7-3)14(4)22-15/h5-13H2,1-4H3,(H2,20,21,23,24). The summed E-state index contributed by atoms with van der Waals surface area (Å²) >= 11 is 0. The molecule has 144 valence electrons. The van der Waals surface area contributed by atoms with Crippen LogP contribution in [0, 0.1) is 6.92 Å². The Morgan fingerprint density at radius 2 is 1.50 bits per heavy atom. The molecule has 0 aliphatic carbocycles. The molecule has 7 nitrogen and oxygen atoms in total. The van der Waals surface area contributed by atoms with Crippen molar-refractivity contribution >= 4 is 22.8 Å². The van der Waals surface area contributed by atoms with Gasteiger partial charge in [0.25, 0.3) is 5.56 Å². The van der Waals surface area contributed by atoms with Crippen LogP contribution in [0.2, 0.25) is 0 Å². The highest BCUT2D eigenvalue weighted by atomic mass is 16.1. The minimum Gasteiger partial charge on any atom is -0.368 e. The average Bonchev–Trinajstić information content (AvgIpc) is 2.63. The largest absolute Gasteiger partial charge is 0.368 e. The fourth-order valence-electron chi connectivity index (χ4n) is 2.75. The molecular formula is C19H32N6O. The van der Waals surface area contributed by atoms with Crippen LogP contribution >= 0.6 is 0 Å². The first-order valence-corrected chi connectivity index (χ1v) is 9.89. The molecule has 0 aromatic carbocycles. The van der Waals surface area contributed by atoms with Gasteiger partial charge >= 0.3 is 0 Å². The van der Waals surface area contributed by atoms with E-state index in [1.807, 2.05) is 6.92 Å². The van der Waals surface area contributed by atoms with Gasteiger partial charge in [-0.1, -0.05) is 40.0 Å². The van der Waals surface area contributed by atoms with E-state index >= 15 is 0 Å². The summed E-state index contributed by atoms with van der Waals surface area (Å²) in [7, 11) is 0. The summed E-state index contributed by atoms with van der Waals surface area (Å²) in [4.78, 5) is 26.7. The van der Waals surface area contributed by atoms with Crippen LogP contribution in [0.15, 0.2) is 4.79 Å². The second-order valence-electron chi connectivity index (χ2n) is 6.62. The predicted molar refractivity (Wildman–Crippen MR) is 108 cm³/mol. The molecule has 0 unspecified atom stereocenters. The summed E-state index contributed by atoms with van der Waals surface area (Å²) in [6, 6.07) is 0. The van der Waals surface area contributed by atoms with Gasteiger partial charge in [0.2, 0.25) is 5.95 Å². The van der Waals surface area contributed by atoms with Gasteiger partial charge in [-0.05, 0) is 26.2 Å². The molecule has 2 rings (SSSR count). The zero-order valence-electron chi connectivity index (χ0n) is 16.6. The number of nitrogens with zero attached hydrogens (tertiary/aromatic N) is 4. The molecule has 26 heavy (non-hydrogen) atoms. The predicted octanol–water partition coefficient (Wildman–Crippen LogP) is 3.72. The number of aryl methyl sites for hydroxylation is 1. The number of nitrogens with one attached hydrogen (secondary N) is 2. The summed E-state index contributed by atoms with van der Waals surface area (Å²) in [5.74, 6) is 1.85. The van der Waals surface area contributed by atoms with Crippen LogP contribution < -0.4 is 16.2 Å². The van der Waals surface area contributed by atoms with Crippen molar-refractivity contribution in [2.45, 2.75) is 72.8 Å². The fraction of sp³-hybridized carbons (Fsp3) is 0.684. The molecule has 2 heterocycles. The minimum absolute atomic E-state index is 0.0829. The first kappa shape index (κ1) is 20.1. The number of unbranched alkanes of at least 4 members (excludes halogenated alkanes) is 3. The van der Waals surface area contributed by atoms with Crippen molar-refractivity contribution in [3.8, 4) is 0 Å². The van der Waals surface area contributed by atoms with E-state index in [1.165, 1.54) is 0 Å². The third-order valence-electron chi connectivity index (χ3n) is 4.37. The first-order chi connectivity index (χ1) is 12.6. The van der Waals surface area contributed by atoms with E-state index in [0.29, 0.717) is 35.2 Å². The maximum absolute atomic E-state index is 13.0. The van der Waals surface area contributed by atoms with Crippen molar-refractivity contribution in [2.24, 2.45) is 0 Å². The molecule has 2 aromatic heterocycles. The molecule has 0 radical (unpaired) electrons. The maximum Gasteiger partial charge on any atom is 0.280 e. The molecule has 0 fully saturated rings. The van der Waals surface area contributed by atoms with E-state index in [4.69, 9.17) is 0 Å². The third kappa shape index (κ3) is 4.93. The summed E-state index contributed by atoms with van der Waals surface area (Å²) in [5, 5.41) is 6.57. The second-order valence-corrected chi connectivity index (χ2v) is 6.62. The van der Waals surface area contributed by atoms with Gasteiger partial charge in [0.15, 0.2) is 11.3 Å². The Hall–Kier alpha value is -2.18. The molecule has 7 heteroatoms. The van der Waals surface area contributed by atoms with E-state index in [9.17, 15) is 4.79 Å². The van der Waals surface area contributed by atoms with Crippen molar-refractivity contribution in [1.29, 1.82) is 0 Å². The van der Waals surface area contributed by atoms with Gasteiger partial charge in [-0.3, -0.25) is 9.36 Å². The van der Waals surface area contributed by atoms with Crippen LogP contribution in [0.1, 0.15) is 65.1 Å². The Morgan fingerprint density at radius 3 is 2.15 bits per heavy atom. The van der Waals surface area contributed by atoms with Crippen LogP contribution in [0.25, 0.3) is 11.0 Å². The fourth-order valence-corrected chi connectivity index (χ4v) is 2.75. The van der Waals surface area contributed by atoms with Crippen molar-refractivity contribution in [3.63, 3.8) is 0 Å². The van der Waals surface area contributed by atoms with Crippen molar-refractivity contribution < 1.29 is 0 Å². The number of hydrogen-bond acceptors (Lipinski definition) is 6. The van der Waals surface area contributed by atoms with Crippen LogP contribution in [0.4, 0.5) is 11.8 Å². The van der Waals surface area contributed by atoms with Gasteiger partial charge < -0.3 is 10.6 Å². The van der Waals surface area contributed by atoms with Crippen molar-refractivity contribution in [2.75, 3.05) is 23.7 Å². The highest BCUT2D eigenvalue weighted by Gasteiger charge is 2.15. The first-order valence-electron chi connectivity index (χ1n) is 9.89. The highest BCUT2D eigenvalue weighted by Crippen LogP contribution is 2.19. The van der Waals surface area contributed by atoms with Gasteiger partial charge in [-0.15, -0.1) is 0 Å². The number of anilines is 2. The Balaban J connectivity index is 2.49. The Kier molecular flexibility index (Phi) is 7.81. The lowest BCUT2D eigenvalue weighted by molar-refractivity contribution is 0.590. The number of fused-ring (bicyclic) bond motifs is 1. The summed E-state index contributed by atoms with van der Waals surface area (Å²) in [6.45, 7) is 10.5. The van der Waals surface area contributed by atoms with Gasteiger partial charge in [-0.2, -0.15) is 4.98 Å². The zero-order valence-corrected chi connectivity index (χ0v) is 16.6. The minimum atomic E-state index is -0.0829. The topological polar surface area (TPSA) is 84.7 Å². The molecule has 0 spiro atoms. The lowest BCUT2D eigenvalue weighted by Crippen LogP contribution is -2.26. The maximum atomic E-state index is 13.0. The van der Waals surface area contributed by atoms with Crippen molar-refractivity contribution in [3.05, 3.63) is 16.2 Å². The van der Waals surface area contributed by atoms with Gasteiger partial charge in [0.05, 0.1) is 0 Å². The Morgan fingerprint density at radius 1 is 0.846 bits per heavy atom. The highest BCUT2D eigenvalue weighted by molar-refractivity contribution is 5.85. The number of rotatable bonds is 11. The number of hydrogen-bond donors (Lipinski definition) is 2. The lowest BCUT2D eigenvalue weighted by atomic mass is 10.3. The van der Waals surface area contributed by atoms with Gasteiger partial charge in [0, 0.05) is 19.6 Å². The molecule has 0 atom stereocenters. The van der Waals surface area contributed by atoms with Crippen molar-refractivity contribution in [1.82, 2.24) is 19.5 Å². The van der Waals surface area contributed by atoms with E-state index in [1.54, 1.807) is 4.57 Å². The molecular weight excluding hydrogens is 328 g/mol. The van der Waals surface area contributed by atoms with E-state index < -0.39 is 0 Å². The van der Waals surface area contributed by atoms with Gasteiger partial charge in [-0.25, -0.2) is 9.97 Å². The van der Waals surface area contributed by atoms with Gasteiger partial charge in [0.1, 0.15) is 11.3 Å². The lowest BCUT2D eigenvalue weighted by Gasteiger charge is -2.14. The number of aromatic nitrogens is 4. The Bertz CT molecular complexity index is 771. The quantitative estimate of drug-likeness (QED) is 0.594. The molecule has 0 saturated heterocycles. The average molecular weight is 361 g/mol. The van der Waals surface area contributed by atoms with Crippen LogP contribution in [0.3, 0.4) is 0 Å². The summed E-state index contributed by atoms with van der Waals surface area (Å²) < 4.78 is 1.73. The SMILES string of the molecule is CCCCNc1nc(NCCCC)c2nc(C)n(CCCC)c(=O)c2n1.